The van der Waals surface area contributed by atoms with Crippen LogP contribution >= 0.6 is 0 Å². The number of para-hydroxylation sites is 1. The second-order valence-corrected chi connectivity index (χ2v) is 6.54. The quantitative estimate of drug-likeness (QED) is 0.714. The summed E-state index contributed by atoms with van der Waals surface area (Å²) in [6, 6.07) is 16.2. The standard InChI is InChI=1S/C22H19FN2O3/c23-20-11-16(15-5-4-8-24-12-15)9-17-10-19(28-22(17)20)13-25-21(26)14-27-18-6-2-1-3-7-18/h1-9,11-12,19H,10,13-14H2,(H,25,26)/t19-/m1/s1. The maximum absolute atomic E-state index is 14.5. The lowest BCUT2D eigenvalue weighted by Gasteiger charge is -2.12. The van der Waals surface area contributed by atoms with Crippen molar-refractivity contribution < 1.29 is 18.7 Å². The van der Waals surface area contributed by atoms with Crippen molar-refractivity contribution in [2.75, 3.05) is 13.2 Å². The van der Waals surface area contributed by atoms with Crippen molar-refractivity contribution in [3.05, 3.63) is 78.4 Å². The average Bonchev–Trinajstić information content (AvgIpc) is 3.16. The van der Waals surface area contributed by atoms with Gasteiger partial charge in [-0.2, -0.15) is 0 Å². The molecule has 2 aromatic carbocycles. The molecule has 1 atom stereocenters. The number of nitrogens with zero attached hydrogens (tertiary/aromatic N) is 1. The van der Waals surface area contributed by atoms with Crippen molar-refractivity contribution in [3.8, 4) is 22.6 Å². The van der Waals surface area contributed by atoms with E-state index in [4.69, 9.17) is 9.47 Å². The van der Waals surface area contributed by atoms with Crippen LogP contribution in [0.3, 0.4) is 0 Å². The molecule has 0 saturated carbocycles. The Labute approximate surface area is 162 Å². The first kappa shape index (κ1) is 18.0. The van der Waals surface area contributed by atoms with Crippen molar-refractivity contribution in [2.45, 2.75) is 12.5 Å². The SMILES string of the molecule is O=C(COc1ccccc1)NC[C@H]1Cc2cc(-c3cccnc3)cc(F)c2O1. The van der Waals surface area contributed by atoms with Gasteiger partial charge in [-0.3, -0.25) is 9.78 Å². The Morgan fingerprint density at radius 3 is 2.82 bits per heavy atom. The fourth-order valence-corrected chi connectivity index (χ4v) is 3.15. The number of halogens is 1. The number of nitrogens with one attached hydrogen (secondary N) is 1. The van der Waals surface area contributed by atoms with Crippen LogP contribution in [0.25, 0.3) is 11.1 Å². The highest BCUT2D eigenvalue weighted by molar-refractivity contribution is 5.77. The van der Waals surface area contributed by atoms with E-state index in [1.54, 1.807) is 24.5 Å². The summed E-state index contributed by atoms with van der Waals surface area (Å²) in [6.07, 6.45) is 3.59. The number of aromatic nitrogens is 1. The zero-order valence-electron chi connectivity index (χ0n) is 15.1. The molecule has 0 saturated heterocycles. The van der Waals surface area contributed by atoms with Crippen LogP contribution in [-0.4, -0.2) is 30.1 Å². The summed E-state index contributed by atoms with van der Waals surface area (Å²) in [5, 5.41) is 2.77. The number of fused-ring (bicyclic) bond motifs is 1. The minimum Gasteiger partial charge on any atom is -0.485 e. The molecule has 2 heterocycles. The number of carbonyl (C=O) groups is 1. The molecule has 1 aromatic heterocycles. The highest BCUT2D eigenvalue weighted by atomic mass is 19.1. The second kappa shape index (κ2) is 8.08. The number of carbonyl (C=O) groups excluding carboxylic acids is 1. The lowest BCUT2D eigenvalue weighted by molar-refractivity contribution is -0.123. The highest BCUT2D eigenvalue weighted by Gasteiger charge is 2.27. The summed E-state index contributed by atoms with van der Waals surface area (Å²) in [7, 11) is 0. The Kier molecular flexibility index (Phi) is 5.19. The molecule has 0 aliphatic carbocycles. The molecule has 28 heavy (non-hydrogen) atoms. The number of hydrogen-bond acceptors (Lipinski definition) is 4. The van der Waals surface area contributed by atoms with Crippen LogP contribution in [0.2, 0.25) is 0 Å². The molecule has 0 bridgehead atoms. The first-order chi connectivity index (χ1) is 13.7. The van der Waals surface area contributed by atoms with E-state index < -0.39 is 5.82 Å². The third-order valence-corrected chi connectivity index (χ3v) is 4.49. The predicted molar refractivity (Wildman–Crippen MR) is 103 cm³/mol. The summed E-state index contributed by atoms with van der Waals surface area (Å²) in [5.41, 5.74) is 2.39. The van der Waals surface area contributed by atoms with Crippen LogP contribution in [-0.2, 0) is 11.2 Å². The number of ether oxygens (including phenoxy) is 2. The van der Waals surface area contributed by atoms with E-state index in [0.29, 0.717) is 12.2 Å². The lowest BCUT2D eigenvalue weighted by Crippen LogP contribution is -2.37. The Hall–Kier alpha value is -3.41. The second-order valence-electron chi connectivity index (χ2n) is 6.54. The summed E-state index contributed by atoms with van der Waals surface area (Å²) < 4.78 is 25.6. The molecule has 4 rings (SSSR count). The van der Waals surface area contributed by atoms with Gasteiger partial charge in [-0.05, 0) is 35.9 Å². The van der Waals surface area contributed by atoms with Gasteiger partial charge < -0.3 is 14.8 Å². The Balaban J connectivity index is 1.33. The molecule has 5 nitrogen and oxygen atoms in total. The fourth-order valence-electron chi connectivity index (χ4n) is 3.15. The van der Waals surface area contributed by atoms with Crippen LogP contribution in [0.4, 0.5) is 4.39 Å². The van der Waals surface area contributed by atoms with Gasteiger partial charge in [0.05, 0.1) is 6.54 Å². The van der Waals surface area contributed by atoms with Gasteiger partial charge in [-0.15, -0.1) is 0 Å². The Morgan fingerprint density at radius 2 is 2.04 bits per heavy atom. The van der Waals surface area contributed by atoms with E-state index in [2.05, 4.69) is 10.3 Å². The largest absolute Gasteiger partial charge is 0.485 e. The summed E-state index contributed by atoms with van der Waals surface area (Å²) >= 11 is 0. The summed E-state index contributed by atoms with van der Waals surface area (Å²) in [5.74, 6) is 0.233. The molecule has 0 unspecified atom stereocenters. The molecular weight excluding hydrogens is 359 g/mol. The van der Waals surface area contributed by atoms with Gasteiger partial charge in [-0.1, -0.05) is 24.3 Å². The van der Waals surface area contributed by atoms with Gasteiger partial charge in [0.2, 0.25) is 0 Å². The van der Waals surface area contributed by atoms with Crippen molar-refractivity contribution in [3.63, 3.8) is 0 Å². The molecule has 1 aliphatic heterocycles. The van der Waals surface area contributed by atoms with E-state index in [0.717, 1.165) is 16.7 Å². The molecule has 6 heteroatoms. The van der Waals surface area contributed by atoms with Crippen LogP contribution in [0.15, 0.2) is 67.0 Å². The highest BCUT2D eigenvalue weighted by Crippen LogP contribution is 2.35. The molecule has 0 spiro atoms. The number of pyridine rings is 1. The van der Waals surface area contributed by atoms with Gasteiger partial charge in [0, 0.05) is 29.9 Å². The molecule has 1 amide bonds. The first-order valence-corrected chi connectivity index (χ1v) is 9.03. The lowest BCUT2D eigenvalue weighted by atomic mass is 10.0. The van der Waals surface area contributed by atoms with Gasteiger partial charge in [-0.25, -0.2) is 4.39 Å². The molecule has 0 radical (unpaired) electrons. The number of benzene rings is 2. The monoisotopic (exact) mass is 378 g/mol. The zero-order valence-corrected chi connectivity index (χ0v) is 15.1. The van der Waals surface area contributed by atoms with Crippen molar-refractivity contribution in [1.82, 2.24) is 10.3 Å². The first-order valence-electron chi connectivity index (χ1n) is 9.03. The molecule has 1 N–H and O–H groups in total. The minimum atomic E-state index is -0.405. The molecule has 0 fully saturated rings. The van der Waals surface area contributed by atoms with Crippen LogP contribution in [0, 0.1) is 5.82 Å². The molecule has 3 aromatic rings. The number of hydrogen-bond donors (Lipinski definition) is 1. The van der Waals surface area contributed by atoms with Crippen LogP contribution in [0.5, 0.6) is 11.5 Å². The topological polar surface area (TPSA) is 60.5 Å². The zero-order chi connectivity index (χ0) is 19.3. The average molecular weight is 378 g/mol. The van der Waals surface area contributed by atoms with E-state index >= 15 is 0 Å². The van der Waals surface area contributed by atoms with Crippen molar-refractivity contribution in [1.29, 1.82) is 0 Å². The smallest absolute Gasteiger partial charge is 0.258 e. The summed E-state index contributed by atoms with van der Waals surface area (Å²) in [6.45, 7) is 0.205. The van der Waals surface area contributed by atoms with Gasteiger partial charge in [0.1, 0.15) is 11.9 Å². The number of rotatable bonds is 6. The van der Waals surface area contributed by atoms with Gasteiger partial charge >= 0.3 is 0 Å². The Bertz CT molecular complexity index is 964. The minimum absolute atomic E-state index is 0.0802. The van der Waals surface area contributed by atoms with E-state index in [9.17, 15) is 9.18 Å². The predicted octanol–water partition coefficient (Wildman–Crippen LogP) is 3.39. The van der Waals surface area contributed by atoms with Crippen LogP contribution < -0.4 is 14.8 Å². The fraction of sp³-hybridized carbons (Fsp3) is 0.182. The van der Waals surface area contributed by atoms with E-state index in [-0.39, 0.29) is 30.9 Å². The van der Waals surface area contributed by atoms with Crippen LogP contribution in [0.1, 0.15) is 5.56 Å². The number of amides is 1. The maximum Gasteiger partial charge on any atom is 0.258 e. The normalized spacial score (nSPS) is 14.8. The van der Waals surface area contributed by atoms with E-state index in [1.165, 1.54) is 6.07 Å². The third kappa shape index (κ3) is 4.11. The van der Waals surface area contributed by atoms with Crippen molar-refractivity contribution >= 4 is 5.91 Å². The van der Waals surface area contributed by atoms with Gasteiger partial charge in [0.15, 0.2) is 18.2 Å². The molecule has 142 valence electrons. The van der Waals surface area contributed by atoms with Gasteiger partial charge in [0.25, 0.3) is 5.91 Å². The third-order valence-electron chi connectivity index (χ3n) is 4.49. The summed E-state index contributed by atoms with van der Waals surface area (Å²) in [4.78, 5) is 16.1. The molecule has 1 aliphatic rings. The van der Waals surface area contributed by atoms with Crippen molar-refractivity contribution in [2.24, 2.45) is 0 Å². The van der Waals surface area contributed by atoms with E-state index in [1.807, 2.05) is 36.4 Å². The Morgan fingerprint density at radius 1 is 1.18 bits per heavy atom. The molecular formula is C22H19FN2O3. The maximum atomic E-state index is 14.5.